The first-order valence-corrected chi connectivity index (χ1v) is 28.9. The summed E-state index contributed by atoms with van der Waals surface area (Å²) in [5.74, 6) is 0. The highest BCUT2D eigenvalue weighted by atomic mass is 16.3. The first-order valence-electron chi connectivity index (χ1n) is 28.9. The van der Waals surface area contributed by atoms with Crippen molar-refractivity contribution in [3.05, 3.63) is 0 Å². The van der Waals surface area contributed by atoms with Crippen LogP contribution in [0.2, 0.25) is 0 Å². The summed E-state index contributed by atoms with van der Waals surface area (Å²) in [4.78, 5) is 9.94. The molecule has 4 unspecified atom stereocenters. The van der Waals surface area contributed by atoms with Gasteiger partial charge in [-0.1, -0.05) is 233 Å². The highest BCUT2D eigenvalue weighted by molar-refractivity contribution is 4.78. The molecule has 1 aliphatic heterocycles. The number of rotatable bonds is 44. The Morgan fingerprint density at radius 2 is 0.375 bits per heavy atom. The Bertz CT molecular complexity index is 771. The summed E-state index contributed by atoms with van der Waals surface area (Å²) in [6, 6.07) is 0. The van der Waals surface area contributed by atoms with Crippen molar-refractivity contribution >= 4 is 0 Å². The summed E-state index contributed by atoms with van der Waals surface area (Å²) >= 11 is 0. The van der Waals surface area contributed by atoms with Crippen LogP contribution in [0.1, 0.15) is 259 Å². The fourth-order valence-electron chi connectivity index (χ4n) is 9.92. The van der Waals surface area contributed by atoms with E-state index in [9.17, 15) is 20.4 Å². The number of hydrogen-bond donors (Lipinski definition) is 4. The molecule has 8 nitrogen and oxygen atoms in total. The van der Waals surface area contributed by atoms with Crippen molar-refractivity contribution in [2.75, 3.05) is 78.5 Å². The Morgan fingerprint density at radius 3 is 0.531 bits per heavy atom. The second-order valence-electron chi connectivity index (χ2n) is 20.9. The maximum Gasteiger partial charge on any atom is 0.0667 e. The fourth-order valence-corrected chi connectivity index (χ4v) is 9.92. The van der Waals surface area contributed by atoms with Crippen LogP contribution in [-0.4, -0.2) is 143 Å². The Morgan fingerprint density at radius 1 is 0.234 bits per heavy atom. The molecule has 1 rings (SSSR count). The summed E-state index contributed by atoms with van der Waals surface area (Å²) in [6.45, 7) is 18.8. The minimum absolute atomic E-state index is 0.326. The van der Waals surface area contributed by atoms with Gasteiger partial charge in [0.2, 0.25) is 0 Å². The Labute approximate surface area is 400 Å². The molecule has 0 spiro atoms. The minimum Gasteiger partial charge on any atom is -0.392 e. The van der Waals surface area contributed by atoms with Gasteiger partial charge in [0.05, 0.1) is 24.4 Å². The smallest absolute Gasteiger partial charge is 0.0667 e. The maximum absolute atomic E-state index is 11.4. The zero-order chi connectivity index (χ0) is 46.6. The quantitative estimate of drug-likeness (QED) is 0.0449. The van der Waals surface area contributed by atoms with Crippen LogP contribution >= 0.6 is 0 Å². The van der Waals surface area contributed by atoms with Gasteiger partial charge in [0, 0.05) is 78.5 Å². The summed E-state index contributed by atoms with van der Waals surface area (Å²) < 4.78 is 0. The maximum atomic E-state index is 11.4. The highest BCUT2D eigenvalue weighted by Gasteiger charge is 2.22. The van der Waals surface area contributed by atoms with Crippen molar-refractivity contribution in [1.29, 1.82) is 0 Å². The van der Waals surface area contributed by atoms with E-state index in [2.05, 4.69) is 47.3 Å². The fraction of sp³-hybridized carbons (Fsp3) is 1.00. The van der Waals surface area contributed by atoms with Gasteiger partial charge in [0.15, 0.2) is 0 Å². The van der Waals surface area contributed by atoms with Crippen LogP contribution in [0.5, 0.6) is 0 Å². The molecule has 1 saturated heterocycles. The average Bonchev–Trinajstić information content (AvgIpc) is 3.28. The standard InChI is InChI=1S/C56H116N4O4/c1-5-9-13-17-21-25-29-33-37-53(61)49-57-41-43-58(50-54(62)38-34-30-26-22-18-14-10-6-2)45-47-60(52-56(64)40-36-32-28-24-20-16-12-8-4)48-46-59(44-42-57)51-55(63)39-35-31-27-23-19-15-11-7-3/h53-56,61-64H,5-52H2,1-4H3. The van der Waals surface area contributed by atoms with Gasteiger partial charge in [-0.25, -0.2) is 0 Å². The van der Waals surface area contributed by atoms with E-state index in [4.69, 9.17) is 0 Å². The Hall–Kier alpha value is -0.320. The van der Waals surface area contributed by atoms with Crippen LogP contribution in [0, 0.1) is 0 Å². The number of hydrogen-bond acceptors (Lipinski definition) is 8. The lowest BCUT2D eigenvalue weighted by Gasteiger charge is -2.36. The van der Waals surface area contributed by atoms with E-state index < -0.39 is 0 Å². The number of nitrogens with zero attached hydrogens (tertiary/aromatic N) is 4. The van der Waals surface area contributed by atoms with Crippen LogP contribution < -0.4 is 0 Å². The van der Waals surface area contributed by atoms with Crippen molar-refractivity contribution in [2.24, 2.45) is 0 Å². The summed E-state index contributed by atoms with van der Waals surface area (Å²) in [7, 11) is 0. The third kappa shape index (κ3) is 39.7. The van der Waals surface area contributed by atoms with E-state index in [1.807, 2.05) is 0 Å². The largest absolute Gasteiger partial charge is 0.392 e. The molecule has 0 aromatic carbocycles. The van der Waals surface area contributed by atoms with Gasteiger partial charge in [0.1, 0.15) is 0 Å². The molecule has 8 heteroatoms. The average molecular weight is 910 g/mol. The predicted molar refractivity (Wildman–Crippen MR) is 279 cm³/mol. The third-order valence-electron chi connectivity index (χ3n) is 14.4. The molecule has 4 atom stereocenters. The lowest BCUT2D eigenvalue weighted by molar-refractivity contribution is 0.0434. The zero-order valence-corrected chi connectivity index (χ0v) is 43.8. The summed E-state index contributed by atoms with van der Waals surface area (Å²) in [5.41, 5.74) is 0. The molecule has 0 aromatic heterocycles. The van der Waals surface area contributed by atoms with Crippen LogP contribution in [0.25, 0.3) is 0 Å². The Kier molecular flexibility index (Phi) is 44.7. The van der Waals surface area contributed by atoms with Crippen LogP contribution in [0.3, 0.4) is 0 Å². The molecule has 1 heterocycles. The van der Waals surface area contributed by atoms with Gasteiger partial charge in [-0.15, -0.1) is 0 Å². The third-order valence-corrected chi connectivity index (χ3v) is 14.4. The van der Waals surface area contributed by atoms with Crippen molar-refractivity contribution < 1.29 is 20.4 Å². The van der Waals surface area contributed by atoms with Crippen LogP contribution in [0.4, 0.5) is 0 Å². The van der Waals surface area contributed by atoms with Crippen molar-refractivity contribution in [2.45, 2.75) is 283 Å². The second kappa shape index (κ2) is 46.4. The lowest BCUT2D eigenvalue weighted by atomic mass is 10.0. The molecule has 0 bridgehead atoms. The molecule has 4 N–H and O–H groups in total. The molecule has 0 radical (unpaired) electrons. The summed E-state index contributed by atoms with van der Waals surface area (Å²) in [6.07, 6.45) is 43.1. The second-order valence-corrected chi connectivity index (χ2v) is 20.9. The first kappa shape index (κ1) is 61.7. The molecular formula is C56H116N4O4. The highest BCUT2D eigenvalue weighted by Crippen LogP contribution is 2.17. The zero-order valence-electron chi connectivity index (χ0n) is 43.8. The molecule has 0 amide bonds. The van der Waals surface area contributed by atoms with Crippen molar-refractivity contribution in [1.82, 2.24) is 19.6 Å². The molecule has 0 aliphatic carbocycles. The van der Waals surface area contributed by atoms with Gasteiger partial charge < -0.3 is 20.4 Å². The topological polar surface area (TPSA) is 93.9 Å². The monoisotopic (exact) mass is 909 g/mol. The molecule has 0 aromatic rings. The number of β-amino-alcohol motifs (C(OH)–C–C–N with tert-alkyl or cyclic N) is 4. The van der Waals surface area contributed by atoms with Gasteiger partial charge >= 0.3 is 0 Å². The van der Waals surface area contributed by atoms with Crippen molar-refractivity contribution in [3.63, 3.8) is 0 Å². The van der Waals surface area contributed by atoms with E-state index in [-0.39, 0.29) is 24.4 Å². The number of unbranched alkanes of at least 4 members (excludes halogenated alkanes) is 28. The summed E-state index contributed by atoms with van der Waals surface area (Å²) in [5, 5.41) is 45.4. The van der Waals surface area contributed by atoms with Gasteiger partial charge in [-0.3, -0.25) is 19.6 Å². The van der Waals surface area contributed by atoms with Crippen LogP contribution in [-0.2, 0) is 0 Å². The van der Waals surface area contributed by atoms with Gasteiger partial charge in [-0.2, -0.15) is 0 Å². The van der Waals surface area contributed by atoms with E-state index in [1.165, 1.54) is 180 Å². The Balaban J connectivity index is 2.98. The molecule has 0 saturated carbocycles. The van der Waals surface area contributed by atoms with Gasteiger partial charge in [0.25, 0.3) is 0 Å². The van der Waals surface area contributed by atoms with Crippen LogP contribution in [0.15, 0.2) is 0 Å². The molecule has 1 aliphatic rings. The minimum atomic E-state index is -0.326. The van der Waals surface area contributed by atoms with E-state index >= 15 is 0 Å². The van der Waals surface area contributed by atoms with Crippen molar-refractivity contribution in [3.8, 4) is 0 Å². The molecule has 1 fully saturated rings. The van der Waals surface area contributed by atoms with Gasteiger partial charge in [-0.05, 0) is 25.7 Å². The first-order chi connectivity index (χ1) is 31.3. The molecule has 384 valence electrons. The predicted octanol–water partition coefficient (Wildman–Crippen LogP) is 12.8. The number of aliphatic hydroxyl groups is 4. The lowest BCUT2D eigenvalue weighted by Crippen LogP contribution is -2.50. The molecular weight excluding hydrogens is 793 g/mol. The SMILES string of the molecule is CCCCCCCCCCC(O)CN1CCN(CC(O)CCCCCCCCCC)CCN(CC(O)CCCCCCCCCC)CCN(CC(O)CCCCCCCCCC)CC1. The van der Waals surface area contributed by atoms with E-state index in [0.717, 1.165) is 104 Å². The number of aliphatic hydroxyl groups excluding tert-OH is 4. The van der Waals surface area contributed by atoms with E-state index in [1.54, 1.807) is 0 Å². The van der Waals surface area contributed by atoms with E-state index in [0.29, 0.717) is 26.2 Å². The normalized spacial score (nSPS) is 17.6. The molecule has 64 heavy (non-hydrogen) atoms.